The molecule has 0 aliphatic carbocycles. The number of nitriles is 1. The van der Waals surface area contributed by atoms with Gasteiger partial charge in [0.05, 0.1) is 28.0 Å². The molecule has 0 aliphatic heterocycles. The minimum absolute atomic E-state index is 0.533. The minimum Gasteiger partial charge on any atom is -0.336 e. The van der Waals surface area contributed by atoms with E-state index >= 15 is 0 Å². The monoisotopic (exact) mass is 311 g/mol. The molecule has 0 atom stereocenters. The molecule has 3 aromatic rings. The fourth-order valence-electron chi connectivity index (χ4n) is 2.18. The zero-order valence-electron chi connectivity index (χ0n) is 10.9. The van der Waals surface area contributed by atoms with E-state index in [4.69, 9.17) is 29.1 Å². The third kappa shape index (κ3) is 2.49. The maximum absolute atomic E-state index is 9.07. The van der Waals surface area contributed by atoms with Gasteiger partial charge in [-0.25, -0.2) is 0 Å². The Morgan fingerprint density at radius 3 is 2.62 bits per heavy atom. The number of nitrogens with zero attached hydrogens (tertiary/aromatic N) is 2. The van der Waals surface area contributed by atoms with Crippen molar-refractivity contribution in [3.63, 3.8) is 0 Å². The molecule has 0 unspecified atom stereocenters. The molecule has 1 N–H and O–H groups in total. The van der Waals surface area contributed by atoms with Gasteiger partial charge in [0, 0.05) is 11.8 Å². The summed E-state index contributed by atoms with van der Waals surface area (Å²) in [6.45, 7) is 0. The summed E-state index contributed by atoms with van der Waals surface area (Å²) in [4.78, 5) is 3.04. The Kier molecular flexibility index (Phi) is 3.61. The lowest BCUT2D eigenvalue weighted by molar-refractivity contribution is 1.04. The average Bonchev–Trinajstić information content (AvgIpc) is 2.90. The highest BCUT2D eigenvalue weighted by molar-refractivity contribution is 7.71. The van der Waals surface area contributed by atoms with Crippen molar-refractivity contribution >= 4 is 23.8 Å². The number of aromatic amines is 1. The van der Waals surface area contributed by atoms with E-state index in [9.17, 15) is 0 Å². The van der Waals surface area contributed by atoms with Crippen molar-refractivity contribution in [2.75, 3.05) is 0 Å². The number of rotatable bonds is 2. The summed E-state index contributed by atoms with van der Waals surface area (Å²) >= 11 is 11.6. The molecule has 0 aliphatic rings. The van der Waals surface area contributed by atoms with Gasteiger partial charge in [0.25, 0.3) is 0 Å². The van der Waals surface area contributed by atoms with Gasteiger partial charge in [-0.15, -0.1) is 0 Å². The van der Waals surface area contributed by atoms with E-state index in [2.05, 4.69) is 11.1 Å². The van der Waals surface area contributed by atoms with Crippen LogP contribution in [0.5, 0.6) is 0 Å². The fraction of sp³-hybridized carbons (Fsp3) is 0. The molecule has 3 nitrogen and oxygen atoms in total. The van der Waals surface area contributed by atoms with Crippen LogP contribution in [0, 0.1) is 16.1 Å². The van der Waals surface area contributed by atoms with Crippen LogP contribution in [0.15, 0.2) is 54.7 Å². The van der Waals surface area contributed by atoms with Gasteiger partial charge < -0.3 is 4.98 Å². The molecule has 1 aromatic heterocycles. The molecule has 2 aromatic carbocycles. The van der Waals surface area contributed by atoms with Crippen LogP contribution in [-0.2, 0) is 0 Å². The third-order valence-corrected chi connectivity index (χ3v) is 3.78. The van der Waals surface area contributed by atoms with Gasteiger partial charge in [-0.1, -0.05) is 41.9 Å². The summed E-state index contributed by atoms with van der Waals surface area (Å²) in [6, 6.07) is 17.1. The van der Waals surface area contributed by atoms with Crippen molar-refractivity contribution in [1.82, 2.24) is 9.55 Å². The van der Waals surface area contributed by atoms with E-state index in [0.29, 0.717) is 21.0 Å². The van der Waals surface area contributed by atoms with Gasteiger partial charge in [-0.2, -0.15) is 5.26 Å². The lowest BCUT2D eigenvalue weighted by atomic mass is 10.1. The summed E-state index contributed by atoms with van der Waals surface area (Å²) in [6.07, 6.45) is 1.84. The molecule has 0 bridgehead atoms. The lowest BCUT2D eigenvalue weighted by Gasteiger charge is -2.10. The Bertz CT molecular complexity index is 888. The predicted molar refractivity (Wildman–Crippen MR) is 86.1 cm³/mol. The zero-order chi connectivity index (χ0) is 14.8. The number of benzene rings is 2. The van der Waals surface area contributed by atoms with Crippen LogP contribution in [0.3, 0.4) is 0 Å². The highest BCUT2D eigenvalue weighted by Crippen LogP contribution is 2.28. The molecule has 1 heterocycles. The minimum atomic E-state index is 0.533. The molecule has 0 amide bonds. The lowest BCUT2D eigenvalue weighted by Crippen LogP contribution is -1.98. The number of H-pyrrole nitrogens is 1. The molecule has 5 heteroatoms. The van der Waals surface area contributed by atoms with Gasteiger partial charge in [0.15, 0.2) is 4.77 Å². The number of aromatic nitrogens is 2. The first-order chi connectivity index (χ1) is 10.2. The summed E-state index contributed by atoms with van der Waals surface area (Å²) in [5.41, 5.74) is 3.15. The van der Waals surface area contributed by atoms with Crippen molar-refractivity contribution in [3.05, 3.63) is 70.1 Å². The number of halogens is 1. The molecule has 0 spiro atoms. The molecule has 0 fully saturated rings. The van der Waals surface area contributed by atoms with Gasteiger partial charge in [0.1, 0.15) is 0 Å². The molecule has 3 rings (SSSR count). The number of nitrogens with one attached hydrogen (secondary N) is 1. The smallest absolute Gasteiger partial charge is 0.182 e. The zero-order valence-corrected chi connectivity index (χ0v) is 12.4. The van der Waals surface area contributed by atoms with Crippen LogP contribution >= 0.6 is 23.8 Å². The largest absolute Gasteiger partial charge is 0.336 e. The van der Waals surface area contributed by atoms with Crippen LogP contribution in [0.4, 0.5) is 0 Å². The number of hydrogen-bond acceptors (Lipinski definition) is 2. The Balaban J connectivity index is 2.28. The van der Waals surface area contributed by atoms with Crippen LogP contribution in [-0.4, -0.2) is 9.55 Å². The Morgan fingerprint density at radius 1 is 1.14 bits per heavy atom. The summed E-state index contributed by atoms with van der Waals surface area (Å²) in [5, 5.41) is 9.61. The fourth-order valence-corrected chi connectivity index (χ4v) is 2.64. The molecule has 21 heavy (non-hydrogen) atoms. The van der Waals surface area contributed by atoms with Gasteiger partial charge in [-0.3, -0.25) is 4.57 Å². The molecule has 0 saturated carbocycles. The van der Waals surface area contributed by atoms with Crippen LogP contribution in [0.25, 0.3) is 16.9 Å². The third-order valence-electron chi connectivity index (χ3n) is 3.16. The topological polar surface area (TPSA) is 44.5 Å². The predicted octanol–water partition coefficient (Wildman–Crippen LogP) is 4.73. The van der Waals surface area contributed by atoms with Crippen molar-refractivity contribution in [3.8, 4) is 23.0 Å². The Morgan fingerprint density at radius 2 is 1.90 bits per heavy atom. The second-order valence-electron chi connectivity index (χ2n) is 4.46. The molecule has 102 valence electrons. The standard InChI is InChI=1S/C16H10ClN3S/c17-13-7-6-11(9-18)8-14(13)20-15(10-19-16(20)21)12-4-2-1-3-5-12/h1-8,10H,(H,19,21). The SMILES string of the molecule is N#Cc1ccc(Cl)c(-n2c(-c3ccccc3)c[nH]c2=S)c1. The van der Waals surface area contributed by atoms with E-state index in [1.165, 1.54) is 0 Å². The summed E-state index contributed by atoms with van der Waals surface area (Å²) in [5.74, 6) is 0. The maximum atomic E-state index is 9.07. The van der Waals surface area contributed by atoms with E-state index in [0.717, 1.165) is 11.3 Å². The van der Waals surface area contributed by atoms with E-state index < -0.39 is 0 Å². The van der Waals surface area contributed by atoms with Gasteiger partial charge in [0.2, 0.25) is 0 Å². The highest BCUT2D eigenvalue weighted by Gasteiger charge is 2.12. The van der Waals surface area contributed by atoms with Crippen LogP contribution < -0.4 is 0 Å². The summed E-state index contributed by atoms with van der Waals surface area (Å²) in [7, 11) is 0. The normalized spacial score (nSPS) is 10.3. The maximum Gasteiger partial charge on any atom is 0.182 e. The van der Waals surface area contributed by atoms with Crippen molar-refractivity contribution in [2.24, 2.45) is 0 Å². The Labute approximate surface area is 132 Å². The van der Waals surface area contributed by atoms with Crippen LogP contribution in [0.1, 0.15) is 5.56 Å². The molecule has 0 radical (unpaired) electrons. The van der Waals surface area contributed by atoms with E-state index in [1.807, 2.05) is 41.1 Å². The quantitative estimate of drug-likeness (QED) is 0.695. The first kappa shape index (κ1) is 13.6. The van der Waals surface area contributed by atoms with E-state index in [1.54, 1.807) is 18.2 Å². The van der Waals surface area contributed by atoms with Crippen molar-refractivity contribution in [1.29, 1.82) is 5.26 Å². The first-order valence-corrected chi connectivity index (χ1v) is 7.05. The summed E-state index contributed by atoms with van der Waals surface area (Å²) < 4.78 is 2.37. The molecular formula is C16H10ClN3S. The van der Waals surface area contributed by atoms with Crippen molar-refractivity contribution in [2.45, 2.75) is 0 Å². The second-order valence-corrected chi connectivity index (χ2v) is 5.25. The number of hydrogen-bond donors (Lipinski definition) is 1. The van der Waals surface area contributed by atoms with Crippen molar-refractivity contribution < 1.29 is 0 Å². The molecule has 0 saturated heterocycles. The first-order valence-electron chi connectivity index (χ1n) is 6.26. The van der Waals surface area contributed by atoms with E-state index in [-0.39, 0.29) is 0 Å². The highest BCUT2D eigenvalue weighted by atomic mass is 35.5. The average molecular weight is 312 g/mol. The number of imidazole rings is 1. The van der Waals surface area contributed by atoms with Gasteiger partial charge in [-0.05, 0) is 30.4 Å². The molecular weight excluding hydrogens is 302 g/mol. The van der Waals surface area contributed by atoms with Gasteiger partial charge >= 0.3 is 0 Å². The van der Waals surface area contributed by atoms with Crippen LogP contribution in [0.2, 0.25) is 5.02 Å². The Hall–Kier alpha value is -2.35. The second kappa shape index (κ2) is 5.57.